The largest absolute Gasteiger partial charge is 0.363 e. The maximum absolute atomic E-state index is 12.5. The highest BCUT2D eigenvalue weighted by Gasteiger charge is 2.42. The fraction of sp³-hybridized carbons (Fsp3) is 0.526. The van der Waals surface area contributed by atoms with E-state index >= 15 is 0 Å². The Hall–Kier alpha value is -2.25. The summed E-state index contributed by atoms with van der Waals surface area (Å²) in [7, 11) is 0. The third-order valence-corrected chi connectivity index (χ3v) is 5.43. The molecule has 26 heavy (non-hydrogen) atoms. The van der Waals surface area contributed by atoms with E-state index in [1.54, 1.807) is 18.5 Å². The first-order chi connectivity index (χ1) is 12.6. The van der Waals surface area contributed by atoms with Gasteiger partial charge in [-0.05, 0) is 45.2 Å². The van der Waals surface area contributed by atoms with Gasteiger partial charge in [-0.3, -0.25) is 14.7 Å². The number of anilines is 1. The molecule has 0 saturated carbocycles. The molecule has 7 heteroatoms. The Balaban J connectivity index is 1.36. The molecule has 2 aromatic heterocycles. The quantitative estimate of drug-likeness (QED) is 0.906. The highest BCUT2D eigenvalue weighted by atomic mass is 16.5. The Morgan fingerprint density at radius 3 is 2.96 bits per heavy atom. The molecule has 4 rings (SSSR count). The Morgan fingerprint density at radius 1 is 1.35 bits per heavy atom. The minimum atomic E-state index is -0.393. The van der Waals surface area contributed by atoms with Crippen LogP contribution in [0.15, 0.2) is 29.0 Å². The molecule has 1 amide bonds. The number of pyridine rings is 1. The van der Waals surface area contributed by atoms with Crippen molar-refractivity contribution in [2.24, 2.45) is 0 Å². The number of hydrogen-bond acceptors (Lipinski definition) is 6. The van der Waals surface area contributed by atoms with Crippen molar-refractivity contribution in [2.75, 3.05) is 11.9 Å². The normalized spacial score (nSPS) is 25.8. The predicted octanol–water partition coefficient (Wildman–Crippen LogP) is 2.45. The molecule has 0 spiro atoms. The van der Waals surface area contributed by atoms with Gasteiger partial charge < -0.3 is 14.6 Å². The number of ether oxygens (including phenoxy) is 1. The van der Waals surface area contributed by atoms with Crippen molar-refractivity contribution < 1.29 is 14.1 Å². The molecule has 0 unspecified atom stereocenters. The molecule has 7 nitrogen and oxygen atoms in total. The summed E-state index contributed by atoms with van der Waals surface area (Å²) in [5.74, 6) is 0.803. The van der Waals surface area contributed by atoms with Crippen molar-refractivity contribution in [1.82, 2.24) is 15.0 Å². The summed E-state index contributed by atoms with van der Waals surface area (Å²) in [6.07, 6.45) is 5.67. The number of aryl methyl sites for hydroxylation is 2. The summed E-state index contributed by atoms with van der Waals surface area (Å²) < 4.78 is 11.4. The molecular weight excluding hydrogens is 332 g/mol. The van der Waals surface area contributed by atoms with E-state index in [1.165, 1.54) is 5.56 Å². The van der Waals surface area contributed by atoms with Gasteiger partial charge in [0, 0.05) is 30.9 Å². The molecule has 2 fully saturated rings. The highest BCUT2D eigenvalue weighted by Crippen LogP contribution is 2.33. The van der Waals surface area contributed by atoms with E-state index in [-0.39, 0.29) is 12.0 Å². The van der Waals surface area contributed by atoms with Crippen LogP contribution < -0.4 is 5.32 Å². The molecule has 0 radical (unpaired) electrons. The molecule has 3 atom stereocenters. The van der Waals surface area contributed by atoms with Crippen molar-refractivity contribution in [3.63, 3.8) is 0 Å². The second-order valence-corrected chi connectivity index (χ2v) is 7.10. The van der Waals surface area contributed by atoms with Gasteiger partial charge in [0.25, 0.3) is 5.91 Å². The second kappa shape index (κ2) is 7.17. The minimum Gasteiger partial charge on any atom is -0.363 e. The number of amides is 1. The first kappa shape index (κ1) is 17.2. The molecule has 2 aliphatic heterocycles. The Bertz CT molecular complexity index is 757. The summed E-state index contributed by atoms with van der Waals surface area (Å²) in [5.41, 5.74) is 2.83. The lowest BCUT2D eigenvalue weighted by Crippen LogP contribution is -2.46. The number of aromatic nitrogens is 2. The molecule has 2 saturated heterocycles. The van der Waals surface area contributed by atoms with Crippen molar-refractivity contribution >= 4 is 11.6 Å². The Morgan fingerprint density at radius 2 is 2.23 bits per heavy atom. The number of fused-ring (bicyclic) bond motifs is 1. The third kappa shape index (κ3) is 3.37. The summed E-state index contributed by atoms with van der Waals surface area (Å²) >= 11 is 0. The van der Waals surface area contributed by atoms with Gasteiger partial charge in [0.2, 0.25) is 0 Å². The average Bonchev–Trinajstić information content (AvgIpc) is 3.20. The first-order valence-corrected chi connectivity index (χ1v) is 9.14. The number of nitrogens with zero attached hydrogens (tertiary/aromatic N) is 3. The summed E-state index contributed by atoms with van der Waals surface area (Å²) in [4.78, 5) is 18.9. The molecule has 2 aromatic rings. The topological polar surface area (TPSA) is 80.5 Å². The van der Waals surface area contributed by atoms with E-state index in [1.807, 2.05) is 19.9 Å². The fourth-order valence-corrected chi connectivity index (χ4v) is 3.99. The molecule has 0 bridgehead atoms. The van der Waals surface area contributed by atoms with Crippen LogP contribution in [0, 0.1) is 13.8 Å². The first-order valence-electron chi connectivity index (χ1n) is 9.14. The monoisotopic (exact) mass is 356 g/mol. The van der Waals surface area contributed by atoms with Crippen LogP contribution in [0.1, 0.15) is 36.3 Å². The van der Waals surface area contributed by atoms with Crippen molar-refractivity contribution in [3.8, 4) is 0 Å². The van der Waals surface area contributed by atoms with E-state index in [0.717, 1.165) is 43.8 Å². The third-order valence-electron chi connectivity index (χ3n) is 5.43. The van der Waals surface area contributed by atoms with E-state index in [0.29, 0.717) is 11.7 Å². The van der Waals surface area contributed by atoms with Crippen LogP contribution in [0.3, 0.4) is 0 Å². The lowest BCUT2D eigenvalue weighted by atomic mass is 9.98. The lowest BCUT2D eigenvalue weighted by molar-refractivity contribution is -0.138. The Labute approximate surface area is 152 Å². The molecule has 2 aliphatic rings. The molecule has 1 N–H and O–H groups in total. The SMILES string of the molecule is Cc1noc(C)c1CN1CC[C@@H]2O[C@@H](C(=O)Nc3cccnc3)CC[C@@H]21. The van der Waals surface area contributed by atoms with Crippen LogP contribution >= 0.6 is 0 Å². The number of carbonyl (C=O) groups excluding carboxylic acids is 1. The zero-order valence-electron chi connectivity index (χ0n) is 15.1. The van der Waals surface area contributed by atoms with Crippen LogP contribution in [0.5, 0.6) is 0 Å². The van der Waals surface area contributed by atoms with Crippen molar-refractivity contribution in [1.29, 1.82) is 0 Å². The van der Waals surface area contributed by atoms with Gasteiger partial charge in [0.1, 0.15) is 11.9 Å². The number of rotatable bonds is 4. The van der Waals surface area contributed by atoms with Gasteiger partial charge in [-0.25, -0.2) is 0 Å². The van der Waals surface area contributed by atoms with Crippen molar-refractivity contribution in [2.45, 2.75) is 57.9 Å². The van der Waals surface area contributed by atoms with Gasteiger partial charge in [0.05, 0.1) is 23.7 Å². The van der Waals surface area contributed by atoms with Gasteiger partial charge in [0.15, 0.2) is 0 Å². The lowest BCUT2D eigenvalue weighted by Gasteiger charge is -2.35. The van der Waals surface area contributed by atoms with E-state index in [4.69, 9.17) is 9.26 Å². The zero-order chi connectivity index (χ0) is 18.1. The van der Waals surface area contributed by atoms with Crippen LogP contribution in [0.4, 0.5) is 5.69 Å². The molecule has 0 aromatic carbocycles. The van der Waals surface area contributed by atoms with Gasteiger partial charge >= 0.3 is 0 Å². The minimum absolute atomic E-state index is 0.0828. The van der Waals surface area contributed by atoms with E-state index in [9.17, 15) is 4.79 Å². The van der Waals surface area contributed by atoms with Crippen LogP contribution in [0.2, 0.25) is 0 Å². The number of nitrogens with one attached hydrogen (secondary N) is 1. The van der Waals surface area contributed by atoms with Gasteiger partial charge in [-0.15, -0.1) is 0 Å². The summed E-state index contributed by atoms with van der Waals surface area (Å²) in [6, 6.07) is 3.99. The van der Waals surface area contributed by atoms with Crippen molar-refractivity contribution in [3.05, 3.63) is 41.5 Å². The van der Waals surface area contributed by atoms with Gasteiger partial charge in [-0.2, -0.15) is 0 Å². The molecule has 138 valence electrons. The average molecular weight is 356 g/mol. The van der Waals surface area contributed by atoms with Crippen LogP contribution in [0.25, 0.3) is 0 Å². The Kier molecular flexibility index (Phi) is 4.74. The number of likely N-dealkylation sites (tertiary alicyclic amines) is 1. The smallest absolute Gasteiger partial charge is 0.253 e. The van der Waals surface area contributed by atoms with Crippen LogP contribution in [-0.2, 0) is 16.1 Å². The van der Waals surface area contributed by atoms with Crippen LogP contribution in [-0.4, -0.2) is 45.7 Å². The maximum Gasteiger partial charge on any atom is 0.253 e. The number of carbonyl (C=O) groups is 1. The predicted molar refractivity (Wildman–Crippen MR) is 95.6 cm³/mol. The standard InChI is InChI=1S/C19H24N4O3/c1-12-15(13(2)26-22-12)11-23-9-7-17-16(23)5-6-18(25-17)19(24)21-14-4-3-8-20-10-14/h3-4,8,10,16-18H,5-7,9,11H2,1-2H3,(H,21,24)/t16-,17-,18+/m0/s1. The maximum atomic E-state index is 12.5. The molecular formula is C19H24N4O3. The van der Waals surface area contributed by atoms with E-state index < -0.39 is 6.10 Å². The molecule has 4 heterocycles. The van der Waals surface area contributed by atoms with E-state index in [2.05, 4.69) is 20.4 Å². The summed E-state index contributed by atoms with van der Waals surface area (Å²) in [6.45, 7) is 5.74. The summed E-state index contributed by atoms with van der Waals surface area (Å²) in [5, 5.41) is 6.94. The van der Waals surface area contributed by atoms with Gasteiger partial charge in [-0.1, -0.05) is 5.16 Å². The highest BCUT2D eigenvalue weighted by molar-refractivity contribution is 5.94. The zero-order valence-corrected chi connectivity index (χ0v) is 15.1. The second-order valence-electron chi connectivity index (χ2n) is 7.10. The molecule has 0 aliphatic carbocycles. The fourth-order valence-electron chi connectivity index (χ4n) is 3.99. The number of hydrogen-bond donors (Lipinski definition) is 1.